The van der Waals surface area contributed by atoms with Gasteiger partial charge in [-0.25, -0.2) is 0 Å². The number of nitro benzene ring substituents is 1. The summed E-state index contributed by atoms with van der Waals surface area (Å²) in [6.07, 6.45) is 0. The molecule has 108 valence electrons. The maximum absolute atomic E-state index is 12.1. The van der Waals surface area contributed by atoms with Gasteiger partial charge >= 0.3 is 0 Å². The van der Waals surface area contributed by atoms with E-state index in [2.05, 4.69) is 10.6 Å². The number of carbonyl (C=O) groups is 2. The molecule has 20 heavy (non-hydrogen) atoms. The lowest BCUT2D eigenvalue weighted by Gasteiger charge is -2.22. The van der Waals surface area contributed by atoms with Gasteiger partial charge in [0, 0.05) is 13.1 Å². The van der Waals surface area contributed by atoms with E-state index in [-0.39, 0.29) is 16.9 Å². The van der Waals surface area contributed by atoms with Crippen LogP contribution in [-0.4, -0.2) is 29.3 Å². The Hall–Kier alpha value is -2.64. The summed E-state index contributed by atoms with van der Waals surface area (Å²) in [6.45, 7) is 2.90. The summed E-state index contributed by atoms with van der Waals surface area (Å²) in [4.78, 5) is 33.7. The quantitative estimate of drug-likeness (QED) is 0.538. The number of nitro groups is 1. The van der Waals surface area contributed by atoms with Crippen molar-refractivity contribution in [2.45, 2.75) is 19.4 Å². The number of hydrogen-bond acceptors (Lipinski definition) is 5. The van der Waals surface area contributed by atoms with Crippen molar-refractivity contribution in [2.75, 3.05) is 12.4 Å². The van der Waals surface area contributed by atoms with Crippen molar-refractivity contribution in [3.05, 3.63) is 33.9 Å². The molecule has 0 aliphatic rings. The summed E-state index contributed by atoms with van der Waals surface area (Å²) in [7, 11) is 1.47. The molecule has 8 nitrogen and oxygen atoms in total. The topological polar surface area (TPSA) is 127 Å². The molecular weight excluding hydrogens is 264 g/mol. The second-order valence-electron chi connectivity index (χ2n) is 4.65. The number of hydrogen-bond donors (Lipinski definition) is 3. The first-order chi connectivity index (χ1) is 9.20. The summed E-state index contributed by atoms with van der Waals surface area (Å²) in [5.41, 5.74) is 3.83. The fraction of sp³-hybridized carbons (Fsp3) is 0.333. The van der Waals surface area contributed by atoms with E-state index in [1.807, 2.05) is 0 Å². The molecule has 2 amide bonds. The number of benzene rings is 1. The van der Waals surface area contributed by atoms with Crippen LogP contribution in [0, 0.1) is 10.1 Å². The highest BCUT2D eigenvalue weighted by Crippen LogP contribution is 2.28. The highest BCUT2D eigenvalue weighted by Gasteiger charge is 2.29. The standard InChI is InChI=1S/C12H16N4O4/c1-12(2,11(13)18)15-10(17)7-5-4-6-8(16(19)20)9(7)14-3/h4-6,14H,1-3H3,(H2,13,18)(H,15,17). The number of carbonyl (C=O) groups excluding carboxylic acids is 2. The third kappa shape index (κ3) is 3.02. The first kappa shape index (κ1) is 15.4. The van der Waals surface area contributed by atoms with Crippen molar-refractivity contribution in [3.63, 3.8) is 0 Å². The van der Waals surface area contributed by atoms with Crippen LogP contribution in [0.2, 0.25) is 0 Å². The monoisotopic (exact) mass is 280 g/mol. The highest BCUT2D eigenvalue weighted by atomic mass is 16.6. The first-order valence-electron chi connectivity index (χ1n) is 5.78. The summed E-state index contributed by atoms with van der Waals surface area (Å²) in [5.74, 6) is -1.33. The van der Waals surface area contributed by atoms with Gasteiger partial charge in [0.2, 0.25) is 5.91 Å². The molecule has 0 unspecified atom stereocenters. The number of amides is 2. The van der Waals surface area contributed by atoms with Crippen molar-refractivity contribution < 1.29 is 14.5 Å². The molecule has 1 rings (SSSR count). The lowest BCUT2D eigenvalue weighted by Crippen LogP contribution is -2.53. The van der Waals surface area contributed by atoms with E-state index in [0.717, 1.165) is 0 Å². The minimum absolute atomic E-state index is 0.0658. The number of primary amides is 1. The molecule has 0 aliphatic heterocycles. The normalized spacial score (nSPS) is 10.8. The molecule has 1 aromatic rings. The number of nitrogens with two attached hydrogens (primary N) is 1. The van der Waals surface area contributed by atoms with Gasteiger partial charge in [-0.1, -0.05) is 6.07 Å². The van der Waals surface area contributed by atoms with E-state index in [4.69, 9.17) is 5.73 Å². The summed E-state index contributed by atoms with van der Waals surface area (Å²) in [6, 6.07) is 4.10. The van der Waals surface area contributed by atoms with Crippen LogP contribution >= 0.6 is 0 Å². The maximum atomic E-state index is 12.1. The van der Waals surface area contributed by atoms with Crippen LogP contribution in [0.4, 0.5) is 11.4 Å². The molecule has 1 aromatic carbocycles. The predicted molar refractivity (Wildman–Crippen MR) is 73.4 cm³/mol. The molecule has 0 heterocycles. The molecule has 0 saturated heterocycles. The minimum atomic E-state index is -1.26. The Balaban J connectivity index is 3.20. The van der Waals surface area contributed by atoms with Gasteiger partial charge in [-0.3, -0.25) is 19.7 Å². The molecule has 0 fully saturated rings. The Kier molecular flexibility index (Phi) is 4.28. The van der Waals surface area contributed by atoms with Gasteiger partial charge in [0.25, 0.3) is 11.6 Å². The predicted octanol–water partition coefficient (Wildman–Crippen LogP) is 0.630. The number of para-hydroxylation sites is 1. The maximum Gasteiger partial charge on any atom is 0.293 e. The number of anilines is 1. The van der Waals surface area contributed by atoms with Crippen LogP contribution in [0.1, 0.15) is 24.2 Å². The average Bonchev–Trinajstić information content (AvgIpc) is 2.36. The van der Waals surface area contributed by atoms with Crippen LogP contribution < -0.4 is 16.4 Å². The van der Waals surface area contributed by atoms with E-state index >= 15 is 0 Å². The van der Waals surface area contributed by atoms with Gasteiger partial charge in [0.1, 0.15) is 11.2 Å². The summed E-state index contributed by atoms with van der Waals surface area (Å²) >= 11 is 0. The molecule has 0 spiro atoms. The molecule has 8 heteroatoms. The average molecular weight is 280 g/mol. The second-order valence-corrected chi connectivity index (χ2v) is 4.65. The smallest absolute Gasteiger partial charge is 0.293 e. The van der Waals surface area contributed by atoms with Crippen LogP contribution in [-0.2, 0) is 4.79 Å². The number of nitrogens with zero attached hydrogens (tertiary/aromatic N) is 1. The summed E-state index contributed by atoms with van der Waals surface area (Å²) < 4.78 is 0. The van der Waals surface area contributed by atoms with Crippen LogP contribution in [0.25, 0.3) is 0 Å². The van der Waals surface area contributed by atoms with Crippen molar-refractivity contribution in [2.24, 2.45) is 5.73 Å². The van der Waals surface area contributed by atoms with Gasteiger partial charge in [-0.2, -0.15) is 0 Å². The molecule has 0 radical (unpaired) electrons. The number of nitrogens with one attached hydrogen (secondary N) is 2. The van der Waals surface area contributed by atoms with Crippen molar-refractivity contribution in [1.29, 1.82) is 0 Å². The Morgan fingerprint density at radius 3 is 2.40 bits per heavy atom. The number of rotatable bonds is 5. The van der Waals surface area contributed by atoms with E-state index in [1.165, 1.54) is 39.1 Å². The van der Waals surface area contributed by atoms with Crippen LogP contribution in [0.3, 0.4) is 0 Å². The van der Waals surface area contributed by atoms with Gasteiger partial charge in [-0.15, -0.1) is 0 Å². The molecule has 0 aromatic heterocycles. The van der Waals surface area contributed by atoms with E-state index < -0.39 is 22.3 Å². The van der Waals surface area contributed by atoms with Crippen molar-refractivity contribution >= 4 is 23.2 Å². The fourth-order valence-electron chi connectivity index (χ4n) is 1.56. The zero-order valence-corrected chi connectivity index (χ0v) is 11.4. The fourth-order valence-corrected chi connectivity index (χ4v) is 1.56. The highest BCUT2D eigenvalue weighted by molar-refractivity contribution is 6.04. The lowest BCUT2D eigenvalue weighted by atomic mass is 10.0. The molecule has 0 aliphatic carbocycles. The Bertz CT molecular complexity index is 569. The second kappa shape index (κ2) is 5.55. The van der Waals surface area contributed by atoms with Gasteiger partial charge in [0.15, 0.2) is 0 Å². The van der Waals surface area contributed by atoms with Crippen molar-refractivity contribution in [3.8, 4) is 0 Å². The molecular formula is C12H16N4O4. The summed E-state index contributed by atoms with van der Waals surface area (Å²) in [5, 5.41) is 16.0. The van der Waals surface area contributed by atoms with E-state index in [0.29, 0.717) is 0 Å². The Morgan fingerprint density at radius 2 is 1.95 bits per heavy atom. The molecule has 0 atom stereocenters. The Labute approximate surface area is 115 Å². The van der Waals surface area contributed by atoms with Crippen LogP contribution in [0.15, 0.2) is 18.2 Å². The SMILES string of the molecule is CNc1c(C(=O)NC(C)(C)C(N)=O)cccc1[N+](=O)[O-]. The van der Waals surface area contributed by atoms with Crippen molar-refractivity contribution in [1.82, 2.24) is 5.32 Å². The third-order valence-electron chi connectivity index (χ3n) is 2.78. The molecule has 4 N–H and O–H groups in total. The molecule has 0 saturated carbocycles. The minimum Gasteiger partial charge on any atom is -0.382 e. The van der Waals surface area contributed by atoms with E-state index in [1.54, 1.807) is 0 Å². The van der Waals surface area contributed by atoms with E-state index in [9.17, 15) is 19.7 Å². The van der Waals surface area contributed by atoms with Gasteiger partial charge in [-0.05, 0) is 19.9 Å². The third-order valence-corrected chi connectivity index (χ3v) is 2.78. The Morgan fingerprint density at radius 1 is 1.35 bits per heavy atom. The first-order valence-corrected chi connectivity index (χ1v) is 5.78. The van der Waals surface area contributed by atoms with Gasteiger partial charge < -0.3 is 16.4 Å². The zero-order valence-electron chi connectivity index (χ0n) is 11.4. The van der Waals surface area contributed by atoms with Crippen LogP contribution in [0.5, 0.6) is 0 Å². The van der Waals surface area contributed by atoms with Gasteiger partial charge in [0.05, 0.1) is 10.5 Å². The lowest BCUT2D eigenvalue weighted by molar-refractivity contribution is -0.384. The molecule has 0 bridgehead atoms. The largest absolute Gasteiger partial charge is 0.382 e. The zero-order chi connectivity index (χ0) is 15.5.